The van der Waals surface area contributed by atoms with Crippen LogP contribution in [0.4, 0.5) is 10.5 Å². The van der Waals surface area contributed by atoms with Gasteiger partial charge in [0.2, 0.25) is 0 Å². The summed E-state index contributed by atoms with van der Waals surface area (Å²) in [5, 5.41) is 12.8. The van der Waals surface area contributed by atoms with Gasteiger partial charge in [-0.25, -0.2) is 4.79 Å². The van der Waals surface area contributed by atoms with Crippen molar-refractivity contribution in [2.24, 2.45) is 0 Å². The molecule has 3 aromatic carbocycles. The maximum atomic E-state index is 13.6. The predicted molar refractivity (Wildman–Crippen MR) is 146 cm³/mol. The standard InChI is InChI=1S/C30H33N3O5/c1-20-7-5-9-23(17-20)31-27(35)26-19-22(21-8-6-10-24(34)18-21)11-12-25(26)28(36)32-13-15-33(16-14-32)29(37)38-30(2,3)4/h5-12,17-19,34H,13-16H2,1-4H3,(H,31,35). The Morgan fingerprint density at radius 1 is 0.816 bits per heavy atom. The second-order valence-corrected chi connectivity index (χ2v) is 10.4. The number of phenols is 1. The lowest BCUT2D eigenvalue weighted by atomic mass is 9.97. The van der Waals surface area contributed by atoms with E-state index in [2.05, 4.69) is 5.32 Å². The highest BCUT2D eigenvalue weighted by Crippen LogP contribution is 2.27. The van der Waals surface area contributed by atoms with E-state index in [1.165, 1.54) is 0 Å². The molecule has 0 atom stereocenters. The van der Waals surface area contributed by atoms with Gasteiger partial charge in [-0.2, -0.15) is 0 Å². The molecule has 2 N–H and O–H groups in total. The van der Waals surface area contributed by atoms with Gasteiger partial charge in [0, 0.05) is 31.9 Å². The minimum atomic E-state index is -0.596. The van der Waals surface area contributed by atoms with Crippen LogP contribution >= 0.6 is 0 Å². The maximum absolute atomic E-state index is 13.6. The fourth-order valence-electron chi connectivity index (χ4n) is 4.29. The molecule has 1 saturated heterocycles. The summed E-state index contributed by atoms with van der Waals surface area (Å²) in [6.07, 6.45) is -0.404. The van der Waals surface area contributed by atoms with Gasteiger partial charge in [0.15, 0.2) is 0 Å². The molecule has 0 saturated carbocycles. The summed E-state index contributed by atoms with van der Waals surface area (Å²) >= 11 is 0. The van der Waals surface area contributed by atoms with Crippen LogP contribution in [-0.4, -0.2) is 64.6 Å². The van der Waals surface area contributed by atoms with E-state index < -0.39 is 17.6 Å². The molecule has 3 amide bonds. The second kappa shape index (κ2) is 11.0. The zero-order chi connectivity index (χ0) is 27.4. The van der Waals surface area contributed by atoms with Gasteiger partial charge in [0.05, 0.1) is 11.1 Å². The largest absolute Gasteiger partial charge is 0.508 e. The Labute approximate surface area is 222 Å². The minimum absolute atomic E-state index is 0.108. The molecule has 8 nitrogen and oxygen atoms in total. The molecule has 3 aromatic rings. The van der Waals surface area contributed by atoms with Crippen LogP contribution < -0.4 is 5.32 Å². The highest BCUT2D eigenvalue weighted by Gasteiger charge is 2.30. The summed E-state index contributed by atoms with van der Waals surface area (Å²) in [7, 11) is 0. The Kier molecular flexibility index (Phi) is 7.71. The van der Waals surface area contributed by atoms with Crippen LogP contribution in [0.15, 0.2) is 66.7 Å². The summed E-state index contributed by atoms with van der Waals surface area (Å²) in [6, 6.07) is 19.2. The van der Waals surface area contributed by atoms with Crippen LogP contribution in [0.3, 0.4) is 0 Å². The summed E-state index contributed by atoms with van der Waals surface area (Å²) in [6.45, 7) is 8.71. The molecule has 8 heteroatoms. The van der Waals surface area contributed by atoms with E-state index in [-0.39, 0.29) is 22.8 Å². The van der Waals surface area contributed by atoms with Crippen molar-refractivity contribution in [3.05, 3.63) is 83.4 Å². The highest BCUT2D eigenvalue weighted by molar-refractivity contribution is 6.12. The molecule has 0 radical (unpaired) electrons. The van der Waals surface area contributed by atoms with Gasteiger partial charge in [-0.15, -0.1) is 0 Å². The number of rotatable bonds is 4. The third-order valence-electron chi connectivity index (χ3n) is 6.17. The van der Waals surface area contributed by atoms with Gasteiger partial charge < -0.3 is 25.0 Å². The van der Waals surface area contributed by atoms with Gasteiger partial charge in [-0.1, -0.05) is 30.3 Å². The third kappa shape index (κ3) is 6.51. The van der Waals surface area contributed by atoms with Crippen molar-refractivity contribution in [3.63, 3.8) is 0 Å². The van der Waals surface area contributed by atoms with E-state index in [4.69, 9.17) is 4.74 Å². The number of carbonyl (C=O) groups is 3. The van der Waals surface area contributed by atoms with Crippen LogP contribution in [0.1, 0.15) is 47.1 Å². The first kappa shape index (κ1) is 26.7. The number of hydrogen-bond acceptors (Lipinski definition) is 5. The van der Waals surface area contributed by atoms with Crippen LogP contribution in [0.5, 0.6) is 5.75 Å². The van der Waals surface area contributed by atoms with Crippen molar-refractivity contribution >= 4 is 23.6 Å². The Balaban J connectivity index is 1.60. The van der Waals surface area contributed by atoms with Crippen molar-refractivity contribution in [2.75, 3.05) is 31.5 Å². The van der Waals surface area contributed by atoms with E-state index in [0.29, 0.717) is 37.4 Å². The topological polar surface area (TPSA) is 99.2 Å². The lowest BCUT2D eigenvalue weighted by molar-refractivity contribution is 0.0141. The first-order valence-corrected chi connectivity index (χ1v) is 12.6. The number of nitrogens with one attached hydrogen (secondary N) is 1. The average molecular weight is 516 g/mol. The molecule has 1 aliphatic rings. The zero-order valence-corrected chi connectivity index (χ0v) is 22.2. The van der Waals surface area contributed by atoms with Gasteiger partial charge in [-0.05, 0) is 80.8 Å². The van der Waals surface area contributed by atoms with E-state index in [1.54, 1.807) is 52.3 Å². The SMILES string of the molecule is Cc1cccc(NC(=O)c2cc(-c3cccc(O)c3)ccc2C(=O)N2CCN(C(=O)OC(C)(C)C)CC2)c1. The number of anilines is 1. The predicted octanol–water partition coefficient (Wildman–Crippen LogP) is 5.31. The van der Waals surface area contributed by atoms with Crippen LogP contribution in [0.2, 0.25) is 0 Å². The molecular formula is C30H33N3O5. The van der Waals surface area contributed by atoms with Crippen molar-refractivity contribution < 1.29 is 24.2 Å². The van der Waals surface area contributed by atoms with Gasteiger partial charge in [-0.3, -0.25) is 9.59 Å². The number of phenolic OH excluding ortho intramolecular Hbond substituents is 1. The number of nitrogens with zero attached hydrogens (tertiary/aromatic N) is 2. The van der Waals surface area contributed by atoms with Crippen molar-refractivity contribution in [1.82, 2.24) is 9.80 Å². The molecule has 1 aliphatic heterocycles. The lowest BCUT2D eigenvalue weighted by Gasteiger charge is -2.35. The van der Waals surface area contributed by atoms with Crippen LogP contribution in [-0.2, 0) is 4.74 Å². The summed E-state index contributed by atoms with van der Waals surface area (Å²) < 4.78 is 5.45. The molecule has 38 heavy (non-hydrogen) atoms. The number of aryl methyl sites for hydroxylation is 1. The number of benzene rings is 3. The molecule has 0 unspecified atom stereocenters. The van der Waals surface area contributed by atoms with Crippen molar-refractivity contribution in [1.29, 1.82) is 0 Å². The fourth-order valence-corrected chi connectivity index (χ4v) is 4.29. The third-order valence-corrected chi connectivity index (χ3v) is 6.17. The molecule has 0 bridgehead atoms. The van der Waals surface area contributed by atoms with E-state index in [1.807, 2.05) is 52.0 Å². The number of aromatic hydroxyl groups is 1. The quantitative estimate of drug-likeness (QED) is 0.490. The minimum Gasteiger partial charge on any atom is -0.508 e. The number of carbonyl (C=O) groups excluding carboxylic acids is 3. The number of piperazine rings is 1. The Hall–Kier alpha value is -4.33. The number of amides is 3. The maximum Gasteiger partial charge on any atom is 0.410 e. The van der Waals surface area contributed by atoms with Gasteiger partial charge in [0.25, 0.3) is 11.8 Å². The molecule has 4 rings (SSSR count). The Morgan fingerprint density at radius 3 is 2.13 bits per heavy atom. The summed E-state index contributed by atoms with van der Waals surface area (Å²) in [5.41, 5.74) is 2.94. The average Bonchev–Trinajstić information content (AvgIpc) is 2.87. The molecule has 0 spiro atoms. The van der Waals surface area contributed by atoms with E-state index in [0.717, 1.165) is 11.1 Å². The number of hydrogen-bond donors (Lipinski definition) is 2. The lowest BCUT2D eigenvalue weighted by Crippen LogP contribution is -2.51. The number of ether oxygens (including phenoxy) is 1. The summed E-state index contributed by atoms with van der Waals surface area (Å²) in [5.74, 6) is -0.588. The molecule has 0 aromatic heterocycles. The Morgan fingerprint density at radius 2 is 1.47 bits per heavy atom. The van der Waals surface area contributed by atoms with Gasteiger partial charge in [0.1, 0.15) is 11.4 Å². The molecule has 198 valence electrons. The van der Waals surface area contributed by atoms with E-state index >= 15 is 0 Å². The molecule has 1 fully saturated rings. The van der Waals surface area contributed by atoms with E-state index in [9.17, 15) is 19.5 Å². The highest BCUT2D eigenvalue weighted by atomic mass is 16.6. The molecular weight excluding hydrogens is 482 g/mol. The van der Waals surface area contributed by atoms with Crippen molar-refractivity contribution in [2.45, 2.75) is 33.3 Å². The van der Waals surface area contributed by atoms with Crippen LogP contribution in [0, 0.1) is 6.92 Å². The van der Waals surface area contributed by atoms with Gasteiger partial charge >= 0.3 is 6.09 Å². The smallest absolute Gasteiger partial charge is 0.410 e. The second-order valence-electron chi connectivity index (χ2n) is 10.4. The first-order valence-electron chi connectivity index (χ1n) is 12.6. The van der Waals surface area contributed by atoms with Crippen LogP contribution in [0.25, 0.3) is 11.1 Å². The molecule has 1 heterocycles. The van der Waals surface area contributed by atoms with Crippen molar-refractivity contribution in [3.8, 4) is 16.9 Å². The zero-order valence-electron chi connectivity index (χ0n) is 22.2. The summed E-state index contributed by atoms with van der Waals surface area (Å²) in [4.78, 5) is 42.7. The normalized spacial score (nSPS) is 13.7. The fraction of sp³-hybridized carbons (Fsp3) is 0.300. The molecule has 0 aliphatic carbocycles. The monoisotopic (exact) mass is 515 g/mol. The Bertz CT molecular complexity index is 1350. The first-order chi connectivity index (χ1) is 18.0.